The number of piperidine rings is 1. The summed E-state index contributed by atoms with van der Waals surface area (Å²) in [5, 5.41) is 3.45. The Balaban J connectivity index is 1.56. The third kappa shape index (κ3) is 3.53. The van der Waals surface area contributed by atoms with Gasteiger partial charge in [0.2, 0.25) is 0 Å². The largest absolute Gasteiger partial charge is 0.369 e. The lowest BCUT2D eigenvalue weighted by molar-refractivity contribution is 0.313. The van der Waals surface area contributed by atoms with Gasteiger partial charge in [-0.25, -0.2) is 0 Å². The van der Waals surface area contributed by atoms with Gasteiger partial charge in [0, 0.05) is 31.9 Å². The second kappa shape index (κ2) is 6.59. The Morgan fingerprint density at radius 1 is 1.00 bits per heavy atom. The van der Waals surface area contributed by atoms with Crippen LogP contribution in [0.2, 0.25) is 0 Å². The highest BCUT2D eigenvalue weighted by molar-refractivity contribution is 5.48. The Hall–Kier alpha value is -1.06. The number of piperazine rings is 1. The van der Waals surface area contributed by atoms with Gasteiger partial charge < -0.3 is 15.1 Å². The molecule has 0 aromatic heterocycles. The molecule has 0 unspecified atom stereocenters. The van der Waals surface area contributed by atoms with Crippen molar-refractivity contribution in [1.29, 1.82) is 0 Å². The maximum atomic E-state index is 3.45. The Labute approximate surface area is 123 Å². The Kier molecular flexibility index (Phi) is 4.58. The first-order valence-electron chi connectivity index (χ1n) is 8.04. The molecular weight excluding hydrogens is 246 g/mol. The summed E-state index contributed by atoms with van der Waals surface area (Å²) in [7, 11) is 2.21. The summed E-state index contributed by atoms with van der Waals surface area (Å²) in [5.41, 5.74) is 2.90. The van der Waals surface area contributed by atoms with Crippen molar-refractivity contribution in [2.45, 2.75) is 19.3 Å². The highest BCUT2D eigenvalue weighted by atomic mass is 15.2. The first-order valence-corrected chi connectivity index (χ1v) is 8.04. The molecule has 2 aliphatic heterocycles. The smallest absolute Gasteiger partial charge is 0.0367 e. The fourth-order valence-corrected chi connectivity index (χ4v) is 3.33. The monoisotopic (exact) mass is 273 g/mol. The molecule has 0 radical (unpaired) electrons. The second-order valence-electron chi connectivity index (χ2n) is 6.35. The molecule has 1 aromatic rings. The van der Waals surface area contributed by atoms with Crippen molar-refractivity contribution < 1.29 is 0 Å². The van der Waals surface area contributed by atoms with E-state index in [9.17, 15) is 0 Å². The van der Waals surface area contributed by atoms with Crippen LogP contribution in [0.15, 0.2) is 24.3 Å². The Bertz CT molecular complexity index is 401. The van der Waals surface area contributed by atoms with E-state index < -0.39 is 0 Å². The molecule has 2 fully saturated rings. The number of hydrogen-bond donors (Lipinski definition) is 1. The first kappa shape index (κ1) is 13.9. The fourth-order valence-electron chi connectivity index (χ4n) is 3.33. The Morgan fingerprint density at radius 3 is 2.30 bits per heavy atom. The second-order valence-corrected chi connectivity index (χ2v) is 6.35. The van der Waals surface area contributed by atoms with E-state index in [0.29, 0.717) is 0 Å². The zero-order chi connectivity index (χ0) is 13.8. The average molecular weight is 273 g/mol. The van der Waals surface area contributed by atoms with E-state index in [-0.39, 0.29) is 0 Å². The lowest BCUT2D eigenvalue weighted by atomic mass is 9.91. The number of benzene rings is 1. The summed E-state index contributed by atoms with van der Waals surface area (Å²) in [6.07, 6.45) is 3.92. The molecule has 1 N–H and O–H groups in total. The van der Waals surface area contributed by atoms with Crippen molar-refractivity contribution in [3.63, 3.8) is 0 Å². The Morgan fingerprint density at radius 2 is 1.65 bits per heavy atom. The van der Waals surface area contributed by atoms with E-state index >= 15 is 0 Å². The van der Waals surface area contributed by atoms with Gasteiger partial charge >= 0.3 is 0 Å². The van der Waals surface area contributed by atoms with Crippen LogP contribution in [0.5, 0.6) is 0 Å². The molecule has 0 amide bonds. The predicted molar refractivity (Wildman–Crippen MR) is 85.4 cm³/mol. The molecule has 3 nitrogen and oxygen atoms in total. The van der Waals surface area contributed by atoms with Crippen LogP contribution in [-0.2, 0) is 6.42 Å². The number of anilines is 1. The lowest BCUT2D eigenvalue weighted by Crippen LogP contribution is -2.44. The molecule has 2 aliphatic rings. The average Bonchev–Trinajstić information content (AvgIpc) is 2.50. The predicted octanol–water partition coefficient (Wildman–Crippen LogP) is 1.98. The molecule has 0 aliphatic carbocycles. The molecule has 2 heterocycles. The minimum Gasteiger partial charge on any atom is -0.369 e. The standard InChI is InChI=1S/C17H27N3/c1-19-10-12-20(13-11-19)17-4-2-15(3-5-17)14-16-6-8-18-9-7-16/h2-5,16,18H,6-14H2,1H3. The van der Waals surface area contributed by atoms with Gasteiger partial charge in [0.15, 0.2) is 0 Å². The molecule has 0 bridgehead atoms. The summed E-state index contributed by atoms with van der Waals surface area (Å²) in [5.74, 6) is 0.880. The van der Waals surface area contributed by atoms with E-state index in [4.69, 9.17) is 0 Å². The molecule has 0 saturated carbocycles. The van der Waals surface area contributed by atoms with Crippen LogP contribution in [0.1, 0.15) is 18.4 Å². The highest BCUT2D eigenvalue weighted by Gasteiger charge is 2.15. The van der Waals surface area contributed by atoms with Crippen molar-refractivity contribution in [1.82, 2.24) is 10.2 Å². The van der Waals surface area contributed by atoms with Crippen molar-refractivity contribution in [3.05, 3.63) is 29.8 Å². The fraction of sp³-hybridized carbons (Fsp3) is 0.647. The zero-order valence-corrected chi connectivity index (χ0v) is 12.6. The van der Waals surface area contributed by atoms with Gasteiger partial charge in [0.05, 0.1) is 0 Å². The van der Waals surface area contributed by atoms with Gasteiger partial charge in [-0.15, -0.1) is 0 Å². The summed E-state index contributed by atoms with van der Waals surface area (Å²) >= 11 is 0. The minimum absolute atomic E-state index is 0.880. The molecule has 110 valence electrons. The zero-order valence-electron chi connectivity index (χ0n) is 12.6. The third-order valence-electron chi connectivity index (χ3n) is 4.79. The summed E-state index contributed by atoms with van der Waals surface area (Å²) in [4.78, 5) is 4.91. The molecule has 3 rings (SSSR count). The molecule has 3 heteroatoms. The summed E-state index contributed by atoms with van der Waals surface area (Å²) < 4.78 is 0. The van der Waals surface area contributed by atoms with Gasteiger partial charge in [0.25, 0.3) is 0 Å². The quantitative estimate of drug-likeness (QED) is 0.908. The number of rotatable bonds is 3. The van der Waals surface area contributed by atoms with Gasteiger partial charge in [-0.1, -0.05) is 12.1 Å². The number of nitrogens with zero attached hydrogens (tertiary/aromatic N) is 2. The van der Waals surface area contributed by atoms with Gasteiger partial charge in [-0.3, -0.25) is 0 Å². The lowest BCUT2D eigenvalue weighted by Gasteiger charge is -2.34. The SMILES string of the molecule is CN1CCN(c2ccc(CC3CCNCC3)cc2)CC1. The topological polar surface area (TPSA) is 18.5 Å². The van der Waals surface area contributed by atoms with E-state index in [1.165, 1.54) is 56.7 Å². The van der Waals surface area contributed by atoms with Crippen LogP contribution in [-0.4, -0.2) is 51.2 Å². The van der Waals surface area contributed by atoms with Crippen molar-refractivity contribution >= 4 is 5.69 Å². The molecule has 20 heavy (non-hydrogen) atoms. The van der Waals surface area contributed by atoms with E-state index in [0.717, 1.165) is 19.0 Å². The third-order valence-corrected chi connectivity index (χ3v) is 4.79. The van der Waals surface area contributed by atoms with Gasteiger partial charge in [-0.2, -0.15) is 0 Å². The summed E-state index contributed by atoms with van der Waals surface area (Å²) in [6, 6.07) is 9.33. The minimum atomic E-state index is 0.880. The van der Waals surface area contributed by atoms with Crippen LogP contribution in [0.4, 0.5) is 5.69 Å². The first-order chi connectivity index (χ1) is 9.81. The van der Waals surface area contributed by atoms with Crippen LogP contribution in [0.3, 0.4) is 0 Å². The van der Waals surface area contributed by atoms with Crippen LogP contribution in [0.25, 0.3) is 0 Å². The van der Waals surface area contributed by atoms with Crippen LogP contribution >= 0.6 is 0 Å². The van der Waals surface area contributed by atoms with E-state index in [2.05, 4.69) is 46.4 Å². The molecule has 0 atom stereocenters. The van der Waals surface area contributed by atoms with E-state index in [1.807, 2.05) is 0 Å². The molecule has 0 spiro atoms. The van der Waals surface area contributed by atoms with Gasteiger partial charge in [-0.05, 0) is 63.0 Å². The number of likely N-dealkylation sites (N-methyl/N-ethyl adjacent to an activating group) is 1. The maximum Gasteiger partial charge on any atom is 0.0367 e. The molecular formula is C17H27N3. The van der Waals surface area contributed by atoms with Crippen LogP contribution in [0, 0.1) is 5.92 Å². The normalized spacial score (nSPS) is 22.1. The van der Waals surface area contributed by atoms with Gasteiger partial charge in [0.1, 0.15) is 0 Å². The number of nitrogens with one attached hydrogen (secondary N) is 1. The molecule has 1 aromatic carbocycles. The van der Waals surface area contributed by atoms with Crippen molar-refractivity contribution in [3.8, 4) is 0 Å². The van der Waals surface area contributed by atoms with Crippen molar-refractivity contribution in [2.24, 2.45) is 5.92 Å². The molecule has 2 saturated heterocycles. The van der Waals surface area contributed by atoms with Crippen molar-refractivity contribution in [2.75, 3.05) is 51.2 Å². The summed E-state index contributed by atoms with van der Waals surface area (Å²) in [6.45, 7) is 7.07. The highest BCUT2D eigenvalue weighted by Crippen LogP contribution is 2.21. The van der Waals surface area contributed by atoms with E-state index in [1.54, 1.807) is 0 Å². The van der Waals surface area contributed by atoms with Crippen LogP contribution < -0.4 is 10.2 Å². The maximum absolute atomic E-state index is 3.45. The number of hydrogen-bond acceptors (Lipinski definition) is 3.